The number of benzene rings is 5. The molecule has 0 fully saturated rings. The number of aliphatic hydroxyl groups is 1. The first-order valence-corrected chi connectivity index (χ1v) is 22.3. The first-order valence-electron chi connectivity index (χ1n) is 22.3. The van der Waals surface area contributed by atoms with Gasteiger partial charge in [-0.3, -0.25) is 23.7 Å². The second kappa shape index (κ2) is 24.0. The third kappa shape index (κ3) is 16.3. The van der Waals surface area contributed by atoms with Crippen molar-refractivity contribution in [1.29, 1.82) is 0 Å². The van der Waals surface area contributed by atoms with E-state index in [1.807, 2.05) is 6.92 Å². The van der Waals surface area contributed by atoms with Crippen molar-refractivity contribution in [2.75, 3.05) is 13.1 Å². The first-order chi connectivity index (χ1) is 35.7. The van der Waals surface area contributed by atoms with E-state index in [4.69, 9.17) is 10.2 Å². The number of hydrogen-bond acceptors (Lipinski definition) is 10. The van der Waals surface area contributed by atoms with Crippen LogP contribution >= 0.6 is 0 Å². The van der Waals surface area contributed by atoms with Crippen molar-refractivity contribution in [3.05, 3.63) is 162 Å². The van der Waals surface area contributed by atoms with Crippen LogP contribution in [0.5, 0.6) is 17.2 Å². The Bertz CT molecular complexity index is 3090. The number of carbonyl (C=O) groups is 4. The van der Waals surface area contributed by atoms with Crippen LogP contribution in [0.4, 0.5) is 39.5 Å². The lowest BCUT2D eigenvalue weighted by molar-refractivity contribution is -0.275. The zero-order valence-corrected chi connectivity index (χ0v) is 39.5. The highest BCUT2D eigenvalue weighted by Gasteiger charge is 2.33. The van der Waals surface area contributed by atoms with E-state index < -0.39 is 67.1 Å². The molecule has 0 radical (unpaired) electrons. The molecule has 2 amide bonds. The summed E-state index contributed by atoms with van der Waals surface area (Å²) < 4.78 is 128. The van der Waals surface area contributed by atoms with Crippen LogP contribution in [-0.4, -0.2) is 96.9 Å². The van der Waals surface area contributed by atoms with Gasteiger partial charge in [-0.05, 0) is 134 Å². The fraction of sp³-hybridized carbons (Fsp3) is 0.216. The van der Waals surface area contributed by atoms with E-state index in [0.29, 0.717) is 44.9 Å². The number of alkyl halides is 9. The Balaban J connectivity index is 0.000000259. The molecule has 400 valence electrons. The smallest absolute Gasteiger partial charge is 0.481 e. The first kappa shape index (κ1) is 56.4. The lowest BCUT2D eigenvalue weighted by Crippen LogP contribution is -2.36. The zero-order chi connectivity index (χ0) is 55.5. The highest BCUT2D eigenvalue weighted by Crippen LogP contribution is 2.35. The van der Waals surface area contributed by atoms with Gasteiger partial charge in [-0.1, -0.05) is 24.3 Å². The quantitative estimate of drug-likeness (QED) is 0.0508. The third-order valence-corrected chi connectivity index (χ3v) is 10.9. The van der Waals surface area contributed by atoms with Crippen molar-refractivity contribution in [3.63, 3.8) is 0 Å². The molecule has 7 rings (SSSR count). The average Bonchev–Trinajstić information content (AvgIpc) is 4.04. The predicted octanol–water partition coefficient (Wildman–Crippen LogP) is 10.1. The van der Waals surface area contributed by atoms with E-state index in [-0.39, 0.29) is 36.2 Å². The number of hydrogen-bond donors (Lipinski definition) is 5. The van der Waals surface area contributed by atoms with Gasteiger partial charge < -0.3 is 40.2 Å². The van der Waals surface area contributed by atoms with Crippen LogP contribution in [0.25, 0.3) is 33.8 Å². The summed E-state index contributed by atoms with van der Waals surface area (Å²) in [6.07, 6.45) is -14.7. The second-order valence-electron chi connectivity index (χ2n) is 16.3. The number of carboxylic acid groups (broad SMARTS) is 2. The summed E-state index contributed by atoms with van der Waals surface area (Å²) in [4.78, 5) is 45.7. The molecule has 7 aromatic rings. The topological polar surface area (TPSA) is 216 Å². The van der Waals surface area contributed by atoms with Crippen LogP contribution in [0.2, 0.25) is 0 Å². The molecule has 16 nitrogen and oxygen atoms in total. The highest BCUT2D eigenvalue weighted by molar-refractivity contribution is 5.95. The van der Waals surface area contributed by atoms with Gasteiger partial charge in [0.25, 0.3) is 11.8 Å². The minimum absolute atomic E-state index is 0.0473. The largest absolute Gasteiger partial charge is 0.573 e. The fourth-order valence-electron chi connectivity index (χ4n) is 7.12. The molecular formula is C51H43F9N6O10. The summed E-state index contributed by atoms with van der Waals surface area (Å²) in [5, 5.41) is 40.7. The standard InChI is InChI=1S/C29H23F6N3O6.C22H20F3N3O4/c1-16(17-2-4-20(5-3-17)26(40)36-15-25(39)27(41)42)38-24(19-8-12-22(13-9-19)44-29(33,34)35)14-23(37-38)18-6-10-21(11-7-18)43-28(30,31)32;1-14(15-2-4-17(5-3-15)21(31)26-12-10-20(29)30)28-13-11-19(27-28)16-6-8-18(9-7-16)32-22(23,24)25/h2-14,16,25,39H,15H2,1H3,(H,36,40)(H,41,42);2-9,11,13-14H,10,12H2,1H3,(H,26,31)(H,29,30). The molecule has 0 aliphatic heterocycles. The van der Waals surface area contributed by atoms with Crippen LogP contribution < -0.4 is 24.8 Å². The average molecular weight is 1070 g/mol. The molecule has 0 spiro atoms. The van der Waals surface area contributed by atoms with Gasteiger partial charge in [0.05, 0.1) is 42.1 Å². The summed E-state index contributed by atoms with van der Waals surface area (Å²) in [6, 6.07) is 31.2. The molecule has 5 aromatic carbocycles. The summed E-state index contributed by atoms with van der Waals surface area (Å²) in [6.45, 7) is 3.23. The molecule has 0 aliphatic rings. The number of nitrogens with one attached hydrogen (secondary N) is 2. The lowest BCUT2D eigenvalue weighted by Gasteiger charge is -2.17. The van der Waals surface area contributed by atoms with Crippen molar-refractivity contribution in [1.82, 2.24) is 30.2 Å². The SMILES string of the molecule is CC(c1ccc(C(=O)NCC(O)C(=O)O)cc1)n1nc(-c2ccc(OC(F)(F)F)cc2)cc1-c1ccc(OC(F)(F)F)cc1.CC(c1ccc(C(=O)NCCC(=O)O)cc1)n1ccc(-c2ccc(OC(F)(F)F)cc2)n1. The molecule has 2 aromatic heterocycles. The van der Waals surface area contributed by atoms with Crippen molar-refractivity contribution in [2.24, 2.45) is 0 Å². The van der Waals surface area contributed by atoms with Crippen LogP contribution in [0.3, 0.4) is 0 Å². The van der Waals surface area contributed by atoms with Gasteiger partial charge in [-0.25, -0.2) is 4.79 Å². The zero-order valence-electron chi connectivity index (χ0n) is 39.5. The van der Waals surface area contributed by atoms with Crippen LogP contribution in [0.15, 0.2) is 140 Å². The Morgan fingerprint density at radius 2 is 0.974 bits per heavy atom. The maximum Gasteiger partial charge on any atom is 0.573 e. The number of aromatic nitrogens is 4. The Labute approximate surface area is 424 Å². The molecule has 3 atom stereocenters. The number of nitrogens with zero attached hydrogens (tertiary/aromatic N) is 4. The Morgan fingerprint density at radius 3 is 1.41 bits per heavy atom. The van der Waals surface area contributed by atoms with E-state index in [9.17, 15) is 63.8 Å². The van der Waals surface area contributed by atoms with Gasteiger partial charge in [0, 0.05) is 40.6 Å². The molecule has 5 N–H and O–H groups in total. The van der Waals surface area contributed by atoms with Gasteiger partial charge in [0.2, 0.25) is 0 Å². The van der Waals surface area contributed by atoms with Crippen molar-refractivity contribution in [3.8, 4) is 51.0 Å². The maximum absolute atomic E-state index is 12.7. The number of aliphatic hydroxyl groups excluding tert-OH is 1. The molecule has 2 heterocycles. The van der Waals surface area contributed by atoms with E-state index in [1.54, 1.807) is 71.0 Å². The van der Waals surface area contributed by atoms with E-state index >= 15 is 0 Å². The number of aliphatic carboxylic acids is 2. The van der Waals surface area contributed by atoms with Gasteiger partial charge in [-0.15, -0.1) is 39.5 Å². The maximum atomic E-state index is 12.7. The van der Waals surface area contributed by atoms with Crippen LogP contribution in [0.1, 0.15) is 64.2 Å². The highest BCUT2D eigenvalue weighted by atomic mass is 19.4. The molecule has 0 saturated carbocycles. The molecule has 25 heteroatoms. The number of carbonyl (C=O) groups excluding carboxylic acids is 2. The molecule has 76 heavy (non-hydrogen) atoms. The number of halogens is 9. The molecule has 0 saturated heterocycles. The van der Waals surface area contributed by atoms with Crippen molar-refractivity contribution in [2.45, 2.75) is 57.5 Å². The van der Waals surface area contributed by atoms with E-state index in [2.05, 4.69) is 35.0 Å². The predicted molar refractivity (Wildman–Crippen MR) is 252 cm³/mol. The van der Waals surface area contributed by atoms with E-state index in [0.717, 1.165) is 29.8 Å². The minimum atomic E-state index is -4.88. The number of ether oxygens (including phenoxy) is 3. The van der Waals surface area contributed by atoms with Gasteiger partial charge in [0.1, 0.15) is 17.2 Å². The third-order valence-electron chi connectivity index (χ3n) is 10.9. The lowest BCUT2D eigenvalue weighted by atomic mass is 10.0. The number of rotatable bonds is 18. The van der Waals surface area contributed by atoms with Crippen LogP contribution in [0, 0.1) is 0 Å². The van der Waals surface area contributed by atoms with E-state index in [1.165, 1.54) is 60.7 Å². The summed E-state index contributed by atoms with van der Waals surface area (Å²) in [7, 11) is 0. The monoisotopic (exact) mass is 1070 g/mol. The minimum Gasteiger partial charge on any atom is -0.481 e. The van der Waals surface area contributed by atoms with Gasteiger partial charge >= 0.3 is 31.0 Å². The number of amides is 2. The molecular weight excluding hydrogens is 1030 g/mol. The Kier molecular flexibility index (Phi) is 17.8. The number of carboxylic acids is 2. The second-order valence-corrected chi connectivity index (χ2v) is 16.3. The Hall–Kier alpha value is -8.87. The molecule has 0 aliphatic carbocycles. The summed E-state index contributed by atoms with van der Waals surface area (Å²) in [5.74, 6) is -4.63. The van der Waals surface area contributed by atoms with Crippen LogP contribution in [-0.2, 0) is 9.59 Å². The van der Waals surface area contributed by atoms with Crippen molar-refractivity contribution < 1.29 is 88.2 Å². The van der Waals surface area contributed by atoms with Gasteiger partial charge in [0.15, 0.2) is 6.10 Å². The summed E-state index contributed by atoms with van der Waals surface area (Å²) in [5.41, 5.74) is 5.03. The molecule has 0 bridgehead atoms. The summed E-state index contributed by atoms with van der Waals surface area (Å²) >= 11 is 0. The van der Waals surface area contributed by atoms with Gasteiger partial charge in [-0.2, -0.15) is 10.2 Å². The fourth-order valence-corrected chi connectivity index (χ4v) is 7.12. The molecule has 3 unspecified atom stereocenters. The Morgan fingerprint density at radius 1 is 0.553 bits per heavy atom. The normalized spacial score (nSPS) is 12.8. The van der Waals surface area contributed by atoms with Crippen molar-refractivity contribution >= 4 is 23.8 Å².